The summed E-state index contributed by atoms with van der Waals surface area (Å²) in [5.74, 6) is 0.477. The van der Waals surface area contributed by atoms with Crippen LogP contribution >= 0.6 is 22.6 Å². The SMILES string of the molecule is O=C1CCCC[C@H]1[C@H](Nc1ccccc1I)c1ccccc1. The van der Waals surface area contributed by atoms with Crippen molar-refractivity contribution >= 4 is 34.1 Å². The van der Waals surface area contributed by atoms with Gasteiger partial charge in [0.25, 0.3) is 0 Å². The Morgan fingerprint density at radius 3 is 2.45 bits per heavy atom. The predicted octanol–water partition coefficient (Wildman–Crippen LogP) is 5.20. The lowest BCUT2D eigenvalue weighted by Gasteiger charge is -2.31. The molecule has 1 fully saturated rings. The van der Waals surface area contributed by atoms with E-state index in [1.807, 2.05) is 30.3 Å². The summed E-state index contributed by atoms with van der Waals surface area (Å²) in [6, 6.07) is 18.7. The Labute approximate surface area is 145 Å². The Balaban J connectivity index is 1.93. The quantitative estimate of drug-likeness (QED) is 0.709. The van der Waals surface area contributed by atoms with Gasteiger partial charge in [-0.15, -0.1) is 0 Å². The molecule has 3 rings (SSSR count). The fourth-order valence-electron chi connectivity index (χ4n) is 3.18. The summed E-state index contributed by atoms with van der Waals surface area (Å²) >= 11 is 2.34. The molecule has 0 radical (unpaired) electrons. The van der Waals surface area contributed by atoms with Crippen LogP contribution in [0.15, 0.2) is 54.6 Å². The van der Waals surface area contributed by atoms with E-state index in [0.717, 1.165) is 31.4 Å². The van der Waals surface area contributed by atoms with E-state index < -0.39 is 0 Å². The maximum absolute atomic E-state index is 12.4. The summed E-state index contributed by atoms with van der Waals surface area (Å²) in [7, 11) is 0. The number of halogens is 1. The molecule has 1 aliphatic carbocycles. The molecule has 0 heterocycles. The lowest BCUT2D eigenvalue weighted by atomic mass is 9.80. The van der Waals surface area contributed by atoms with Gasteiger partial charge < -0.3 is 5.32 Å². The Bertz CT molecular complexity index is 641. The van der Waals surface area contributed by atoms with Crippen LogP contribution in [0.25, 0.3) is 0 Å². The molecule has 1 aliphatic rings. The maximum atomic E-state index is 12.4. The van der Waals surface area contributed by atoms with E-state index >= 15 is 0 Å². The minimum atomic E-state index is 0.0601. The molecule has 114 valence electrons. The van der Waals surface area contributed by atoms with E-state index in [0.29, 0.717) is 5.78 Å². The predicted molar refractivity (Wildman–Crippen MR) is 98.9 cm³/mol. The van der Waals surface area contributed by atoms with Crippen LogP contribution in [0.5, 0.6) is 0 Å². The highest BCUT2D eigenvalue weighted by Gasteiger charge is 2.31. The van der Waals surface area contributed by atoms with Crippen molar-refractivity contribution in [3.63, 3.8) is 0 Å². The first-order valence-electron chi connectivity index (χ1n) is 7.84. The van der Waals surface area contributed by atoms with Crippen molar-refractivity contribution in [2.24, 2.45) is 5.92 Å². The van der Waals surface area contributed by atoms with Crippen molar-refractivity contribution in [1.29, 1.82) is 0 Å². The third-order valence-corrected chi connectivity index (χ3v) is 5.29. The van der Waals surface area contributed by atoms with Gasteiger partial charge in [0.15, 0.2) is 0 Å². The molecular formula is C19H20INO. The molecule has 2 aromatic carbocycles. The number of carbonyl (C=O) groups is 1. The zero-order valence-corrected chi connectivity index (χ0v) is 14.6. The first-order chi connectivity index (χ1) is 10.8. The highest BCUT2D eigenvalue weighted by atomic mass is 127. The summed E-state index contributed by atoms with van der Waals surface area (Å²) in [6.07, 6.45) is 3.89. The number of rotatable bonds is 4. The van der Waals surface area contributed by atoms with Crippen LogP contribution in [0.3, 0.4) is 0 Å². The third-order valence-electron chi connectivity index (χ3n) is 4.35. The number of hydrogen-bond donors (Lipinski definition) is 1. The Kier molecular flexibility index (Phi) is 5.13. The van der Waals surface area contributed by atoms with Crippen molar-refractivity contribution in [2.75, 3.05) is 5.32 Å². The lowest BCUT2D eigenvalue weighted by molar-refractivity contribution is -0.125. The van der Waals surface area contributed by atoms with Crippen molar-refractivity contribution < 1.29 is 4.79 Å². The summed E-state index contributed by atoms with van der Waals surface area (Å²) in [6.45, 7) is 0. The number of benzene rings is 2. The highest BCUT2D eigenvalue weighted by Crippen LogP contribution is 2.35. The molecule has 22 heavy (non-hydrogen) atoms. The Morgan fingerprint density at radius 1 is 1.00 bits per heavy atom. The topological polar surface area (TPSA) is 29.1 Å². The lowest BCUT2D eigenvalue weighted by Crippen LogP contribution is -2.30. The standard InChI is InChI=1S/C19H20INO/c20-16-11-5-6-12-17(16)21-19(14-8-2-1-3-9-14)15-10-4-7-13-18(15)22/h1-3,5-6,8-9,11-12,15,19,21H,4,7,10,13H2/t15-,19-/m1/s1. The Hall–Kier alpha value is -1.36. The summed E-state index contributed by atoms with van der Waals surface area (Å²) in [5.41, 5.74) is 2.30. The molecular weight excluding hydrogens is 385 g/mol. The zero-order chi connectivity index (χ0) is 15.4. The number of para-hydroxylation sites is 1. The van der Waals surface area contributed by atoms with E-state index in [2.05, 4.69) is 52.2 Å². The summed E-state index contributed by atoms with van der Waals surface area (Å²) in [5, 5.41) is 3.64. The van der Waals surface area contributed by atoms with Crippen LogP contribution in [-0.2, 0) is 4.79 Å². The molecule has 0 aromatic heterocycles. The van der Waals surface area contributed by atoms with Gasteiger partial charge in [0.1, 0.15) is 5.78 Å². The second kappa shape index (κ2) is 7.27. The first-order valence-corrected chi connectivity index (χ1v) is 8.92. The van der Waals surface area contributed by atoms with Crippen molar-refractivity contribution in [3.05, 3.63) is 63.7 Å². The molecule has 2 aromatic rings. The number of Topliss-reactive ketones (excluding diaryl/α,β-unsaturated/α-hetero) is 1. The molecule has 0 saturated heterocycles. The fourth-order valence-corrected chi connectivity index (χ4v) is 3.73. The molecule has 2 nitrogen and oxygen atoms in total. The van der Waals surface area contributed by atoms with Gasteiger partial charge in [0.05, 0.1) is 6.04 Å². The molecule has 0 bridgehead atoms. The molecule has 0 aliphatic heterocycles. The molecule has 0 amide bonds. The van der Waals surface area contributed by atoms with Gasteiger partial charge in [-0.3, -0.25) is 4.79 Å². The molecule has 1 N–H and O–H groups in total. The van der Waals surface area contributed by atoms with Gasteiger partial charge in [-0.25, -0.2) is 0 Å². The van der Waals surface area contributed by atoms with Gasteiger partial charge in [0, 0.05) is 21.6 Å². The van der Waals surface area contributed by atoms with Crippen molar-refractivity contribution in [2.45, 2.75) is 31.7 Å². The molecule has 1 saturated carbocycles. The van der Waals surface area contributed by atoms with E-state index in [-0.39, 0.29) is 12.0 Å². The summed E-state index contributed by atoms with van der Waals surface area (Å²) in [4.78, 5) is 12.4. The van der Waals surface area contributed by atoms with Crippen molar-refractivity contribution in [3.8, 4) is 0 Å². The van der Waals surface area contributed by atoms with E-state index in [1.54, 1.807) is 0 Å². The van der Waals surface area contributed by atoms with E-state index in [4.69, 9.17) is 0 Å². The van der Waals surface area contributed by atoms with Gasteiger partial charge in [-0.05, 0) is 53.1 Å². The van der Waals surface area contributed by atoms with E-state index in [9.17, 15) is 4.79 Å². The Morgan fingerprint density at radius 2 is 1.73 bits per heavy atom. The second-order valence-corrected chi connectivity index (χ2v) is 6.99. The van der Waals surface area contributed by atoms with Gasteiger partial charge >= 0.3 is 0 Å². The number of hydrogen-bond acceptors (Lipinski definition) is 2. The normalized spacial score (nSPS) is 19.7. The average molecular weight is 405 g/mol. The third kappa shape index (κ3) is 3.51. The zero-order valence-electron chi connectivity index (χ0n) is 12.5. The number of anilines is 1. The van der Waals surface area contributed by atoms with Crippen molar-refractivity contribution in [1.82, 2.24) is 0 Å². The van der Waals surface area contributed by atoms with E-state index in [1.165, 1.54) is 9.13 Å². The minimum Gasteiger partial charge on any atom is -0.377 e. The minimum absolute atomic E-state index is 0.0601. The van der Waals surface area contributed by atoms with Gasteiger partial charge in [-0.1, -0.05) is 48.9 Å². The van der Waals surface area contributed by atoms with Crippen LogP contribution in [0.4, 0.5) is 5.69 Å². The molecule has 3 heteroatoms. The maximum Gasteiger partial charge on any atom is 0.138 e. The van der Waals surface area contributed by atoms with Crippen LogP contribution in [0.1, 0.15) is 37.3 Å². The summed E-state index contributed by atoms with van der Waals surface area (Å²) < 4.78 is 1.18. The number of ketones is 1. The smallest absolute Gasteiger partial charge is 0.138 e. The highest BCUT2D eigenvalue weighted by molar-refractivity contribution is 14.1. The van der Waals surface area contributed by atoms with Gasteiger partial charge in [0.2, 0.25) is 0 Å². The van der Waals surface area contributed by atoms with Crippen LogP contribution in [0, 0.1) is 9.49 Å². The average Bonchev–Trinajstić information content (AvgIpc) is 2.56. The van der Waals surface area contributed by atoms with Gasteiger partial charge in [-0.2, -0.15) is 0 Å². The first kappa shape index (κ1) is 15.5. The van der Waals surface area contributed by atoms with Crippen LogP contribution in [-0.4, -0.2) is 5.78 Å². The molecule has 2 atom stereocenters. The second-order valence-electron chi connectivity index (χ2n) is 5.83. The molecule has 0 unspecified atom stereocenters. The van der Waals surface area contributed by atoms with Crippen LogP contribution in [0.2, 0.25) is 0 Å². The monoisotopic (exact) mass is 405 g/mol. The number of nitrogens with one attached hydrogen (secondary N) is 1. The molecule has 0 spiro atoms. The largest absolute Gasteiger partial charge is 0.377 e. The fraction of sp³-hybridized carbons (Fsp3) is 0.316. The van der Waals surface area contributed by atoms with Crippen LogP contribution < -0.4 is 5.32 Å². The number of carbonyl (C=O) groups excluding carboxylic acids is 1.